The smallest absolute Gasteiger partial charge is 0.490 e. The van der Waals surface area contributed by atoms with Gasteiger partial charge in [-0.05, 0) is 29.2 Å². The summed E-state index contributed by atoms with van der Waals surface area (Å²) in [4.78, 5) is 25.1. The van der Waals surface area contributed by atoms with Gasteiger partial charge < -0.3 is 14.9 Å². The first-order valence-corrected chi connectivity index (χ1v) is 5.31. The quantitative estimate of drug-likeness (QED) is 0.454. The lowest BCUT2D eigenvalue weighted by molar-refractivity contribution is -0.394. The van der Waals surface area contributed by atoms with Crippen molar-refractivity contribution in [3.63, 3.8) is 0 Å². The van der Waals surface area contributed by atoms with Crippen molar-refractivity contribution in [2.45, 2.75) is 6.54 Å². The lowest BCUT2D eigenvalue weighted by Gasteiger charge is -2.01. The zero-order chi connectivity index (χ0) is 13.8. The zero-order valence-electron chi connectivity index (χ0n) is 10.0. The molecule has 0 spiro atoms. The van der Waals surface area contributed by atoms with Gasteiger partial charge in [0, 0.05) is 10.7 Å². The van der Waals surface area contributed by atoms with Gasteiger partial charge in [-0.1, -0.05) is 4.98 Å². The predicted octanol–water partition coefficient (Wildman–Crippen LogP) is 1.08. The second-order valence-corrected chi connectivity index (χ2v) is 3.65. The third-order valence-electron chi connectivity index (χ3n) is 2.41. The minimum atomic E-state index is -0.714. The van der Waals surface area contributed by atoms with Crippen molar-refractivity contribution in [1.29, 1.82) is 0 Å². The number of hydrogen-bond acceptors (Lipinski definition) is 6. The molecule has 0 amide bonds. The van der Waals surface area contributed by atoms with Crippen molar-refractivity contribution in [2.75, 3.05) is 7.11 Å². The summed E-state index contributed by atoms with van der Waals surface area (Å²) in [5, 5.41) is 14.0. The molecule has 0 bridgehead atoms. The minimum Gasteiger partial charge on any atom is -0.497 e. The summed E-state index contributed by atoms with van der Waals surface area (Å²) in [5.41, 5.74) is 0.471. The van der Waals surface area contributed by atoms with Crippen molar-refractivity contribution in [2.24, 2.45) is 0 Å². The molecule has 0 aliphatic carbocycles. The Labute approximate surface area is 107 Å². The average molecular weight is 262 g/mol. The molecule has 1 aromatic carbocycles. The highest BCUT2D eigenvalue weighted by Gasteiger charge is 2.16. The van der Waals surface area contributed by atoms with Gasteiger partial charge in [0.2, 0.25) is 6.33 Å². The SMILES string of the molecule is COc1ccc(C(=O)Cn2cnc([N+](=O)[O-])n2)cc1. The summed E-state index contributed by atoms with van der Waals surface area (Å²) < 4.78 is 6.11. The molecule has 98 valence electrons. The largest absolute Gasteiger partial charge is 0.497 e. The van der Waals surface area contributed by atoms with E-state index in [4.69, 9.17) is 4.74 Å². The van der Waals surface area contributed by atoms with E-state index in [1.54, 1.807) is 24.3 Å². The first-order valence-electron chi connectivity index (χ1n) is 5.31. The van der Waals surface area contributed by atoms with Crippen LogP contribution in [0.5, 0.6) is 5.75 Å². The standard InChI is InChI=1S/C11H10N4O4/c1-19-9-4-2-8(3-5-9)10(16)6-14-7-12-11(13-14)15(17)18/h2-5,7H,6H2,1H3. The number of methoxy groups -OCH3 is 1. The summed E-state index contributed by atoms with van der Waals surface area (Å²) in [6, 6.07) is 6.56. The molecule has 19 heavy (non-hydrogen) atoms. The van der Waals surface area contributed by atoms with E-state index in [-0.39, 0.29) is 12.3 Å². The third-order valence-corrected chi connectivity index (χ3v) is 2.41. The van der Waals surface area contributed by atoms with Crippen LogP contribution in [0.4, 0.5) is 5.95 Å². The molecular weight excluding hydrogens is 252 g/mol. The molecule has 0 atom stereocenters. The molecular formula is C11H10N4O4. The van der Waals surface area contributed by atoms with Crippen molar-refractivity contribution in [1.82, 2.24) is 14.8 Å². The van der Waals surface area contributed by atoms with E-state index in [2.05, 4.69) is 10.1 Å². The number of hydrogen-bond donors (Lipinski definition) is 0. The van der Waals surface area contributed by atoms with Crippen molar-refractivity contribution in [3.05, 3.63) is 46.3 Å². The van der Waals surface area contributed by atoms with Crippen LogP contribution in [-0.2, 0) is 6.54 Å². The number of Topliss-reactive ketones (excluding diaryl/α,β-unsaturated/α-hetero) is 1. The van der Waals surface area contributed by atoms with Gasteiger partial charge in [-0.25, -0.2) is 0 Å². The van der Waals surface area contributed by atoms with E-state index in [0.29, 0.717) is 11.3 Å². The second kappa shape index (κ2) is 5.25. The maximum Gasteiger partial charge on any atom is 0.490 e. The molecule has 0 saturated carbocycles. The van der Waals surface area contributed by atoms with Gasteiger partial charge in [-0.3, -0.25) is 4.79 Å². The van der Waals surface area contributed by atoms with E-state index in [9.17, 15) is 14.9 Å². The minimum absolute atomic E-state index is 0.104. The molecule has 0 aliphatic heterocycles. The molecule has 0 N–H and O–H groups in total. The van der Waals surface area contributed by atoms with E-state index < -0.39 is 10.9 Å². The average Bonchev–Trinajstić information content (AvgIpc) is 2.87. The van der Waals surface area contributed by atoms with Crippen LogP contribution in [0.25, 0.3) is 0 Å². The number of rotatable bonds is 5. The number of nitrogens with zero attached hydrogens (tertiary/aromatic N) is 4. The normalized spacial score (nSPS) is 10.2. The monoisotopic (exact) mass is 262 g/mol. The Morgan fingerprint density at radius 2 is 2.11 bits per heavy atom. The summed E-state index contributed by atoms with van der Waals surface area (Å²) in [5.74, 6) is -0.0991. The highest BCUT2D eigenvalue weighted by atomic mass is 16.6. The van der Waals surface area contributed by atoms with Gasteiger partial charge >= 0.3 is 5.95 Å². The predicted molar refractivity (Wildman–Crippen MR) is 64.0 cm³/mol. The van der Waals surface area contributed by atoms with Crippen LogP contribution in [0.1, 0.15) is 10.4 Å². The Hall–Kier alpha value is -2.77. The number of ketones is 1. The Morgan fingerprint density at radius 1 is 1.42 bits per heavy atom. The Kier molecular flexibility index (Phi) is 3.51. The number of carbonyl (C=O) groups is 1. The van der Waals surface area contributed by atoms with Gasteiger partial charge in [0.1, 0.15) is 12.3 Å². The number of nitro groups is 1. The van der Waals surface area contributed by atoms with Crippen molar-refractivity contribution >= 4 is 11.7 Å². The van der Waals surface area contributed by atoms with Crippen LogP contribution in [0.15, 0.2) is 30.6 Å². The molecule has 0 aliphatic rings. The van der Waals surface area contributed by atoms with Gasteiger partial charge in [-0.15, -0.1) is 0 Å². The van der Waals surface area contributed by atoms with Gasteiger partial charge in [0.25, 0.3) is 0 Å². The maximum atomic E-state index is 11.9. The Balaban J connectivity index is 2.08. The lowest BCUT2D eigenvalue weighted by Crippen LogP contribution is -2.11. The Bertz CT molecular complexity index is 605. The van der Waals surface area contributed by atoms with Crippen LogP contribution < -0.4 is 4.74 Å². The van der Waals surface area contributed by atoms with Crippen molar-refractivity contribution in [3.8, 4) is 5.75 Å². The fraction of sp³-hybridized carbons (Fsp3) is 0.182. The molecule has 0 saturated heterocycles. The van der Waals surface area contributed by atoms with Crippen LogP contribution >= 0.6 is 0 Å². The fourth-order valence-corrected chi connectivity index (χ4v) is 1.46. The molecule has 8 nitrogen and oxygen atoms in total. The zero-order valence-corrected chi connectivity index (χ0v) is 10.0. The number of carbonyl (C=O) groups excluding carboxylic acids is 1. The van der Waals surface area contributed by atoms with Crippen LogP contribution in [0.3, 0.4) is 0 Å². The molecule has 2 rings (SSSR count). The van der Waals surface area contributed by atoms with Crippen LogP contribution in [0.2, 0.25) is 0 Å². The highest BCUT2D eigenvalue weighted by molar-refractivity contribution is 5.95. The number of ether oxygens (including phenoxy) is 1. The molecule has 1 heterocycles. The van der Waals surface area contributed by atoms with Gasteiger partial charge in [0.05, 0.1) is 7.11 Å². The first-order chi connectivity index (χ1) is 9.10. The summed E-state index contributed by atoms with van der Waals surface area (Å²) in [7, 11) is 1.53. The molecule has 2 aromatic rings. The molecule has 0 radical (unpaired) electrons. The van der Waals surface area contributed by atoms with Crippen LogP contribution in [0, 0.1) is 10.1 Å². The van der Waals surface area contributed by atoms with E-state index in [1.165, 1.54) is 7.11 Å². The lowest BCUT2D eigenvalue weighted by atomic mass is 10.1. The van der Waals surface area contributed by atoms with E-state index in [0.717, 1.165) is 11.0 Å². The van der Waals surface area contributed by atoms with Gasteiger partial charge in [0.15, 0.2) is 5.78 Å². The molecule has 1 aromatic heterocycles. The van der Waals surface area contributed by atoms with E-state index >= 15 is 0 Å². The van der Waals surface area contributed by atoms with Crippen molar-refractivity contribution < 1.29 is 14.5 Å². The summed E-state index contributed by atoms with van der Waals surface area (Å²) >= 11 is 0. The summed E-state index contributed by atoms with van der Waals surface area (Å²) in [6.07, 6.45) is 1.15. The van der Waals surface area contributed by atoms with E-state index in [1.807, 2.05) is 0 Å². The second-order valence-electron chi connectivity index (χ2n) is 3.65. The summed E-state index contributed by atoms with van der Waals surface area (Å²) in [6.45, 7) is -0.104. The third kappa shape index (κ3) is 2.92. The number of aromatic nitrogens is 3. The van der Waals surface area contributed by atoms with Crippen LogP contribution in [-0.4, -0.2) is 32.6 Å². The number of benzene rings is 1. The molecule has 0 fully saturated rings. The topological polar surface area (TPSA) is 100 Å². The highest BCUT2D eigenvalue weighted by Crippen LogP contribution is 2.12. The Morgan fingerprint density at radius 3 is 2.63 bits per heavy atom. The molecule has 8 heteroatoms. The maximum absolute atomic E-state index is 11.9. The first kappa shape index (κ1) is 12.7. The molecule has 0 unspecified atom stereocenters. The van der Waals surface area contributed by atoms with Gasteiger partial charge in [-0.2, -0.15) is 4.68 Å². The fourth-order valence-electron chi connectivity index (χ4n) is 1.46.